The smallest absolute Gasteiger partial charge is 0.416 e. The maximum absolute atomic E-state index is 12.8. The van der Waals surface area contributed by atoms with Crippen molar-refractivity contribution in [1.29, 1.82) is 0 Å². The predicted octanol–water partition coefficient (Wildman–Crippen LogP) is 2.45. The molecule has 2 aromatic rings. The van der Waals surface area contributed by atoms with Gasteiger partial charge in [0.05, 0.1) is 16.8 Å². The topological polar surface area (TPSA) is 102 Å². The highest BCUT2D eigenvalue weighted by atomic mass is 19.4. The zero-order valence-electron chi connectivity index (χ0n) is 13.3. The molecule has 0 saturated carbocycles. The van der Waals surface area contributed by atoms with Crippen molar-refractivity contribution in [3.05, 3.63) is 59.7 Å². The standard InChI is InChI=1S/C17H15F3N2O4/c18-17(19,20)10-4-3-5-11(8-10)22-13-7-2-1-6-12(13)16(25)26-9-14(23)15(21)24/h1-8,14,22-23H,9H2,(H2,21,24). The van der Waals surface area contributed by atoms with E-state index < -0.39 is 36.3 Å². The Bertz CT molecular complexity index is 809. The van der Waals surface area contributed by atoms with Crippen LogP contribution in [0.15, 0.2) is 48.5 Å². The Hall–Kier alpha value is -3.07. The van der Waals surface area contributed by atoms with Crippen LogP contribution in [0.4, 0.5) is 24.5 Å². The highest BCUT2D eigenvalue weighted by Gasteiger charge is 2.30. The first-order valence-corrected chi connectivity index (χ1v) is 7.36. The number of primary amides is 1. The fourth-order valence-corrected chi connectivity index (χ4v) is 2.01. The zero-order valence-corrected chi connectivity index (χ0v) is 13.3. The number of nitrogens with one attached hydrogen (secondary N) is 1. The average molecular weight is 368 g/mol. The van der Waals surface area contributed by atoms with E-state index in [1.165, 1.54) is 30.3 Å². The van der Waals surface area contributed by atoms with Gasteiger partial charge in [0.2, 0.25) is 5.91 Å². The maximum atomic E-state index is 12.8. The van der Waals surface area contributed by atoms with Crippen LogP contribution >= 0.6 is 0 Å². The average Bonchev–Trinajstić information content (AvgIpc) is 2.59. The molecule has 0 aromatic heterocycles. The zero-order chi connectivity index (χ0) is 19.3. The molecule has 0 fully saturated rings. The molecule has 26 heavy (non-hydrogen) atoms. The van der Waals surface area contributed by atoms with Crippen LogP contribution in [0.3, 0.4) is 0 Å². The number of nitrogens with two attached hydrogens (primary N) is 1. The van der Waals surface area contributed by atoms with Gasteiger partial charge in [-0.25, -0.2) is 4.79 Å². The molecule has 2 rings (SSSR count). The first-order valence-electron chi connectivity index (χ1n) is 7.36. The monoisotopic (exact) mass is 368 g/mol. The molecule has 1 atom stereocenters. The second kappa shape index (κ2) is 7.87. The molecule has 2 aromatic carbocycles. The van der Waals surface area contributed by atoms with Crippen molar-refractivity contribution in [1.82, 2.24) is 0 Å². The number of benzene rings is 2. The van der Waals surface area contributed by atoms with Crippen LogP contribution < -0.4 is 11.1 Å². The number of alkyl halides is 3. The number of carbonyl (C=O) groups excluding carboxylic acids is 2. The third-order valence-corrected chi connectivity index (χ3v) is 3.32. The summed E-state index contributed by atoms with van der Waals surface area (Å²) in [6.07, 6.45) is -6.15. The SMILES string of the molecule is NC(=O)C(O)COC(=O)c1ccccc1Nc1cccc(C(F)(F)F)c1. The van der Waals surface area contributed by atoms with Gasteiger partial charge in [0.25, 0.3) is 0 Å². The summed E-state index contributed by atoms with van der Waals surface area (Å²) in [5, 5.41) is 12.0. The van der Waals surface area contributed by atoms with Crippen molar-refractivity contribution in [2.45, 2.75) is 12.3 Å². The minimum atomic E-state index is -4.50. The van der Waals surface area contributed by atoms with Gasteiger partial charge >= 0.3 is 12.1 Å². The Balaban J connectivity index is 2.19. The Morgan fingerprint density at radius 1 is 1.15 bits per heavy atom. The van der Waals surface area contributed by atoms with Gasteiger partial charge in [-0.2, -0.15) is 13.2 Å². The molecule has 0 radical (unpaired) electrons. The van der Waals surface area contributed by atoms with Crippen LogP contribution in [-0.4, -0.2) is 29.7 Å². The van der Waals surface area contributed by atoms with Crippen LogP contribution in [0.2, 0.25) is 0 Å². The molecule has 6 nitrogen and oxygen atoms in total. The van der Waals surface area contributed by atoms with Crippen LogP contribution in [0.1, 0.15) is 15.9 Å². The number of hydrogen-bond donors (Lipinski definition) is 3. The molecule has 0 heterocycles. The molecule has 4 N–H and O–H groups in total. The summed E-state index contributed by atoms with van der Waals surface area (Å²) < 4.78 is 43.2. The number of anilines is 2. The number of aliphatic hydroxyl groups excluding tert-OH is 1. The lowest BCUT2D eigenvalue weighted by Gasteiger charge is -2.14. The van der Waals surface area contributed by atoms with Crippen LogP contribution in [0.25, 0.3) is 0 Å². The summed E-state index contributed by atoms with van der Waals surface area (Å²) in [6, 6.07) is 10.4. The molecule has 0 spiro atoms. The third-order valence-electron chi connectivity index (χ3n) is 3.32. The van der Waals surface area contributed by atoms with Crippen LogP contribution in [-0.2, 0) is 15.7 Å². The maximum Gasteiger partial charge on any atom is 0.416 e. The van der Waals surface area contributed by atoms with Gasteiger partial charge < -0.3 is 20.9 Å². The van der Waals surface area contributed by atoms with Gasteiger partial charge in [-0.1, -0.05) is 18.2 Å². The highest BCUT2D eigenvalue weighted by molar-refractivity contribution is 5.96. The van der Waals surface area contributed by atoms with Crippen molar-refractivity contribution in [2.75, 3.05) is 11.9 Å². The molecule has 138 valence electrons. The first-order chi connectivity index (χ1) is 12.2. The molecule has 1 unspecified atom stereocenters. The molecule has 1 amide bonds. The molecular formula is C17H15F3N2O4. The molecule has 0 aliphatic heterocycles. The van der Waals surface area contributed by atoms with Gasteiger partial charge in [0.1, 0.15) is 6.61 Å². The summed E-state index contributed by atoms with van der Waals surface area (Å²) in [6.45, 7) is -0.633. The van der Waals surface area contributed by atoms with E-state index >= 15 is 0 Å². The molecule has 9 heteroatoms. The lowest BCUT2D eigenvalue weighted by Crippen LogP contribution is -2.33. The lowest BCUT2D eigenvalue weighted by molar-refractivity contribution is -0.137. The number of rotatable bonds is 6. The Kier molecular flexibility index (Phi) is 5.83. The minimum Gasteiger partial charge on any atom is -0.459 e. The van der Waals surface area contributed by atoms with Gasteiger partial charge in [0.15, 0.2) is 6.10 Å². The van der Waals surface area contributed by atoms with E-state index in [2.05, 4.69) is 5.32 Å². The number of esters is 1. The second-order valence-corrected chi connectivity index (χ2v) is 5.27. The summed E-state index contributed by atoms with van der Waals surface area (Å²) >= 11 is 0. The second-order valence-electron chi connectivity index (χ2n) is 5.27. The van der Waals surface area contributed by atoms with Gasteiger partial charge in [-0.05, 0) is 30.3 Å². The molecule has 0 aliphatic rings. The van der Waals surface area contributed by atoms with E-state index in [-0.39, 0.29) is 16.9 Å². The van der Waals surface area contributed by atoms with Crippen molar-refractivity contribution in [2.24, 2.45) is 5.73 Å². The van der Waals surface area contributed by atoms with E-state index in [9.17, 15) is 27.9 Å². The van der Waals surface area contributed by atoms with Crippen molar-refractivity contribution < 1.29 is 32.6 Å². The quantitative estimate of drug-likeness (QED) is 0.680. The van der Waals surface area contributed by atoms with Gasteiger partial charge in [0, 0.05) is 5.69 Å². The lowest BCUT2D eigenvalue weighted by atomic mass is 10.1. The number of halogens is 3. The van der Waals surface area contributed by atoms with E-state index in [0.29, 0.717) is 0 Å². The van der Waals surface area contributed by atoms with E-state index in [1.807, 2.05) is 0 Å². The third kappa shape index (κ3) is 4.96. The van der Waals surface area contributed by atoms with Crippen LogP contribution in [0, 0.1) is 0 Å². The summed E-state index contributed by atoms with van der Waals surface area (Å²) in [7, 11) is 0. The molecule has 0 saturated heterocycles. The molecule has 0 aliphatic carbocycles. The summed E-state index contributed by atoms with van der Waals surface area (Å²) in [4.78, 5) is 22.8. The van der Waals surface area contributed by atoms with E-state index in [0.717, 1.165) is 12.1 Å². The van der Waals surface area contributed by atoms with Crippen LogP contribution in [0.5, 0.6) is 0 Å². The number of carbonyl (C=O) groups is 2. The Morgan fingerprint density at radius 3 is 2.50 bits per heavy atom. The Labute approximate surface area is 146 Å². The largest absolute Gasteiger partial charge is 0.459 e. The summed E-state index contributed by atoms with van der Waals surface area (Å²) in [5.41, 5.74) is 4.35. The van der Waals surface area contributed by atoms with Gasteiger partial charge in [-0.15, -0.1) is 0 Å². The Morgan fingerprint density at radius 2 is 1.85 bits per heavy atom. The highest BCUT2D eigenvalue weighted by Crippen LogP contribution is 2.31. The number of aliphatic hydroxyl groups is 1. The van der Waals surface area contributed by atoms with Crippen molar-refractivity contribution >= 4 is 23.3 Å². The normalized spacial score (nSPS) is 12.3. The minimum absolute atomic E-state index is 0.0154. The predicted molar refractivity (Wildman–Crippen MR) is 86.7 cm³/mol. The van der Waals surface area contributed by atoms with Crippen molar-refractivity contribution in [3.63, 3.8) is 0 Å². The van der Waals surface area contributed by atoms with Crippen molar-refractivity contribution in [3.8, 4) is 0 Å². The molecular weight excluding hydrogens is 353 g/mol. The number of amides is 1. The van der Waals surface area contributed by atoms with E-state index in [1.54, 1.807) is 6.07 Å². The first kappa shape index (κ1) is 19.3. The number of ether oxygens (including phenoxy) is 1. The number of hydrogen-bond acceptors (Lipinski definition) is 5. The fraction of sp³-hybridized carbons (Fsp3) is 0.176. The summed E-state index contributed by atoms with van der Waals surface area (Å²) in [5.74, 6) is -1.92. The number of para-hydroxylation sites is 1. The molecule has 0 bridgehead atoms. The van der Waals surface area contributed by atoms with E-state index in [4.69, 9.17) is 10.5 Å². The van der Waals surface area contributed by atoms with Gasteiger partial charge in [-0.3, -0.25) is 4.79 Å². The fourth-order valence-electron chi connectivity index (χ4n) is 2.01.